The normalized spacial score (nSPS) is 24.4. The smallest absolute Gasteiger partial charge is 0.155 e. The number of halogens is 1. The summed E-state index contributed by atoms with van der Waals surface area (Å²) in [5.74, 6) is 0.927. The van der Waals surface area contributed by atoms with Gasteiger partial charge in [-0.2, -0.15) is 5.10 Å². The maximum atomic E-state index is 14.7. The Labute approximate surface area is 190 Å². The summed E-state index contributed by atoms with van der Waals surface area (Å²) in [6.45, 7) is 5.80. The molecule has 2 aliphatic carbocycles. The first-order valence-corrected chi connectivity index (χ1v) is 12.1. The zero-order chi connectivity index (χ0) is 22.0. The summed E-state index contributed by atoms with van der Waals surface area (Å²) in [5.41, 5.74) is 11.1. The highest BCUT2D eigenvalue weighted by Gasteiger charge is 2.48. The van der Waals surface area contributed by atoms with Crippen molar-refractivity contribution in [3.05, 3.63) is 57.5 Å². The molecule has 3 aliphatic rings. The molecule has 1 unspecified atom stereocenters. The molecule has 1 aliphatic heterocycles. The molecule has 1 spiro atoms. The highest BCUT2D eigenvalue weighted by molar-refractivity contribution is 7.11. The van der Waals surface area contributed by atoms with Gasteiger partial charge in [0.1, 0.15) is 11.7 Å². The lowest BCUT2D eigenvalue weighted by atomic mass is 9.73. The minimum absolute atomic E-state index is 0.0180. The van der Waals surface area contributed by atoms with Crippen molar-refractivity contribution < 1.29 is 4.39 Å². The summed E-state index contributed by atoms with van der Waals surface area (Å²) in [5, 5.41) is 5.66. The first-order valence-electron chi connectivity index (χ1n) is 11.3. The summed E-state index contributed by atoms with van der Waals surface area (Å²) in [4.78, 5) is 13.4. The van der Waals surface area contributed by atoms with E-state index in [-0.39, 0.29) is 11.5 Å². The third-order valence-electron chi connectivity index (χ3n) is 7.43. The van der Waals surface area contributed by atoms with Gasteiger partial charge in [0.25, 0.3) is 0 Å². The predicted octanol–water partition coefficient (Wildman–Crippen LogP) is 4.33. The minimum Gasteiger partial charge on any atom is -0.355 e. The van der Waals surface area contributed by atoms with Crippen LogP contribution in [0.3, 0.4) is 0 Å². The first-order chi connectivity index (χ1) is 15.5. The van der Waals surface area contributed by atoms with Crippen LogP contribution < -0.4 is 10.6 Å². The maximum absolute atomic E-state index is 14.7. The van der Waals surface area contributed by atoms with Crippen molar-refractivity contribution in [3.8, 4) is 0 Å². The van der Waals surface area contributed by atoms with E-state index in [1.165, 1.54) is 4.88 Å². The minimum atomic E-state index is -1.03. The van der Waals surface area contributed by atoms with Crippen LogP contribution in [0.4, 0.5) is 10.2 Å². The van der Waals surface area contributed by atoms with Crippen LogP contribution in [0, 0.1) is 19.3 Å². The molecule has 0 bridgehead atoms. The molecule has 1 saturated heterocycles. The molecule has 3 aromatic rings. The molecule has 32 heavy (non-hydrogen) atoms. The monoisotopic (exact) mass is 450 g/mol. The number of fused-ring (bicyclic) bond motifs is 2. The quantitative estimate of drug-likeness (QED) is 0.629. The Balaban J connectivity index is 1.31. The summed E-state index contributed by atoms with van der Waals surface area (Å²) >= 11 is 1.80. The number of nitrogens with zero attached hydrogens (tertiary/aromatic N) is 5. The fourth-order valence-electron chi connectivity index (χ4n) is 5.69. The number of rotatable bonds is 2. The van der Waals surface area contributed by atoms with E-state index in [0.717, 1.165) is 65.8 Å². The van der Waals surface area contributed by atoms with Gasteiger partial charge in [0.2, 0.25) is 0 Å². The van der Waals surface area contributed by atoms with Gasteiger partial charge in [-0.3, -0.25) is 0 Å². The molecule has 1 fully saturated rings. The van der Waals surface area contributed by atoms with Gasteiger partial charge < -0.3 is 10.6 Å². The largest absolute Gasteiger partial charge is 0.355 e. The average Bonchev–Trinajstić information content (AvgIpc) is 3.46. The van der Waals surface area contributed by atoms with Crippen LogP contribution >= 0.6 is 11.3 Å². The van der Waals surface area contributed by atoms with E-state index in [2.05, 4.69) is 16.9 Å². The van der Waals surface area contributed by atoms with E-state index in [1.807, 2.05) is 35.7 Å². The van der Waals surface area contributed by atoms with Crippen LogP contribution in [0.2, 0.25) is 0 Å². The Hall–Kier alpha value is -2.58. The fourth-order valence-corrected chi connectivity index (χ4v) is 6.83. The summed E-state index contributed by atoms with van der Waals surface area (Å²) in [6.07, 6.45) is 9.83. The second kappa shape index (κ2) is 7.22. The average molecular weight is 451 g/mol. The van der Waals surface area contributed by atoms with Crippen molar-refractivity contribution in [1.82, 2.24) is 19.6 Å². The van der Waals surface area contributed by atoms with E-state index in [4.69, 9.17) is 15.7 Å². The van der Waals surface area contributed by atoms with Crippen LogP contribution in [0.15, 0.2) is 30.5 Å². The van der Waals surface area contributed by atoms with Gasteiger partial charge in [-0.25, -0.2) is 18.9 Å². The van der Waals surface area contributed by atoms with Gasteiger partial charge in [-0.05, 0) is 44.6 Å². The van der Waals surface area contributed by atoms with Gasteiger partial charge in [0.15, 0.2) is 5.82 Å². The number of alkyl halides is 1. The molecule has 166 valence electrons. The molecule has 4 heterocycles. The van der Waals surface area contributed by atoms with E-state index in [1.54, 1.807) is 17.5 Å². The number of aryl methyl sites for hydroxylation is 2. The van der Waals surface area contributed by atoms with Gasteiger partial charge in [-0.1, -0.05) is 18.2 Å². The lowest BCUT2D eigenvalue weighted by Crippen LogP contribution is -2.45. The summed E-state index contributed by atoms with van der Waals surface area (Å²) in [7, 11) is 0. The van der Waals surface area contributed by atoms with Crippen LogP contribution in [-0.4, -0.2) is 38.8 Å². The van der Waals surface area contributed by atoms with Crippen molar-refractivity contribution in [2.24, 2.45) is 11.1 Å². The predicted molar refractivity (Wildman–Crippen MR) is 126 cm³/mol. The molecule has 6 nitrogen and oxygen atoms in total. The lowest BCUT2D eigenvalue weighted by Gasteiger charge is -2.42. The highest BCUT2D eigenvalue weighted by Crippen LogP contribution is 2.52. The SMILES string of the molecule is Cc1nc2c(s1)CC1(CCN(c3nc(C)c(C4=CC=CCC4F)n4nccc34)CC1)[C@@H]2N. The van der Waals surface area contributed by atoms with Crippen molar-refractivity contribution in [2.75, 3.05) is 18.0 Å². The number of allylic oxidation sites excluding steroid dienone is 4. The standard InChI is InChI=1S/C24H27FN6S/c1-14-21(16-5-3-4-6-17(16)25)31-18(7-10-27-31)23(28-14)30-11-8-24(9-12-30)13-19-20(22(24)26)29-15(2)32-19/h3-5,7,10,17,22H,6,8-9,11-13,26H2,1-2H3/t17?,22-/m1/s1. The van der Waals surface area contributed by atoms with Crippen molar-refractivity contribution in [2.45, 2.75) is 51.7 Å². The molecule has 2 N–H and O–H groups in total. The molecule has 6 rings (SSSR count). The zero-order valence-corrected chi connectivity index (χ0v) is 19.2. The molecule has 2 atom stereocenters. The molecule has 8 heteroatoms. The van der Waals surface area contributed by atoms with E-state index in [0.29, 0.717) is 12.0 Å². The topological polar surface area (TPSA) is 72.3 Å². The van der Waals surface area contributed by atoms with Crippen LogP contribution in [0.1, 0.15) is 52.3 Å². The Kier molecular flexibility index (Phi) is 4.52. The molecule has 3 aromatic heterocycles. The van der Waals surface area contributed by atoms with Gasteiger partial charge >= 0.3 is 0 Å². The highest BCUT2D eigenvalue weighted by atomic mass is 32.1. The van der Waals surface area contributed by atoms with Crippen LogP contribution in [-0.2, 0) is 6.42 Å². The van der Waals surface area contributed by atoms with Crippen LogP contribution in [0.25, 0.3) is 11.1 Å². The van der Waals surface area contributed by atoms with Crippen molar-refractivity contribution >= 4 is 28.2 Å². The zero-order valence-electron chi connectivity index (χ0n) is 18.4. The summed E-state index contributed by atoms with van der Waals surface area (Å²) < 4.78 is 16.6. The van der Waals surface area contributed by atoms with Crippen LogP contribution in [0.5, 0.6) is 0 Å². The second-order valence-electron chi connectivity index (χ2n) is 9.30. The second-order valence-corrected chi connectivity index (χ2v) is 10.6. The molecule has 0 saturated carbocycles. The number of thiazole rings is 1. The fraction of sp³-hybridized carbons (Fsp3) is 0.458. The van der Waals surface area contributed by atoms with Crippen molar-refractivity contribution in [3.63, 3.8) is 0 Å². The number of aromatic nitrogens is 4. The molecular formula is C24H27FN6S. The van der Waals surface area contributed by atoms with Gasteiger partial charge in [0.05, 0.1) is 34.3 Å². The van der Waals surface area contributed by atoms with Gasteiger partial charge in [-0.15, -0.1) is 11.3 Å². The number of hydrogen-bond donors (Lipinski definition) is 1. The van der Waals surface area contributed by atoms with E-state index in [9.17, 15) is 4.39 Å². The third-order valence-corrected chi connectivity index (χ3v) is 8.41. The third kappa shape index (κ3) is 2.89. The number of anilines is 1. The van der Waals surface area contributed by atoms with E-state index < -0.39 is 6.17 Å². The van der Waals surface area contributed by atoms with Crippen molar-refractivity contribution in [1.29, 1.82) is 0 Å². The Morgan fingerprint density at radius 2 is 2.03 bits per heavy atom. The van der Waals surface area contributed by atoms with E-state index >= 15 is 0 Å². The Morgan fingerprint density at radius 1 is 1.22 bits per heavy atom. The molecular weight excluding hydrogens is 423 g/mol. The maximum Gasteiger partial charge on any atom is 0.155 e. The first kappa shape index (κ1) is 20.1. The summed E-state index contributed by atoms with van der Waals surface area (Å²) in [6, 6.07) is 2.00. The molecule has 0 aromatic carbocycles. The van der Waals surface area contributed by atoms with Gasteiger partial charge in [0, 0.05) is 30.0 Å². The Morgan fingerprint density at radius 3 is 2.78 bits per heavy atom. The number of piperidine rings is 1. The molecule has 0 amide bonds. The Bertz CT molecular complexity index is 1260. The number of hydrogen-bond acceptors (Lipinski definition) is 6. The molecule has 0 radical (unpaired) electrons. The number of nitrogens with two attached hydrogens (primary N) is 1. The lowest BCUT2D eigenvalue weighted by molar-refractivity contribution is 0.186.